The summed E-state index contributed by atoms with van der Waals surface area (Å²) in [6, 6.07) is 11.3. The third kappa shape index (κ3) is 5.13. The number of benzene rings is 1. The minimum Gasteiger partial charge on any atom is -0.310 e. The standard InChI is InChI=1S/C15H25NS/c1-4-16-15(13(2)9-8-12-17-3)14-10-6-5-7-11-14/h5-7,10-11,13,15-16H,4,8-9,12H2,1-3H3. The highest BCUT2D eigenvalue weighted by molar-refractivity contribution is 7.98. The van der Waals surface area contributed by atoms with Crippen molar-refractivity contribution in [3.05, 3.63) is 35.9 Å². The van der Waals surface area contributed by atoms with Crippen LogP contribution in [0.3, 0.4) is 0 Å². The van der Waals surface area contributed by atoms with Crippen LogP contribution in [0.5, 0.6) is 0 Å². The van der Waals surface area contributed by atoms with Crippen LogP contribution in [0.1, 0.15) is 38.3 Å². The molecule has 0 amide bonds. The Kier molecular flexibility index (Phi) is 7.38. The molecule has 1 nitrogen and oxygen atoms in total. The number of hydrogen-bond acceptors (Lipinski definition) is 2. The van der Waals surface area contributed by atoms with Crippen LogP contribution in [0.15, 0.2) is 30.3 Å². The second-order valence-electron chi connectivity index (χ2n) is 4.56. The molecule has 0 spiro atoms. The van der Waals surface area contributed by atoms with Gasteiger partial charge in [0.15, 0.2) is 0 Å². The van der Waals surface area contributed by atoms with Gasteiger partial charge in [-0.3, -0.25) is 0 Å². The summed E-state index contributed by atoms with van der Waals surface area (Å²) in [5.74, 6) is 1.97. The van der Waals surface area contributed by atoms with Crippen LogP contribution in [0, 0.1) is 5.92 Å². The zero-order chi connectivity index (χ0) is 12.5. The molecule has 96 valence electrons. The van der Waals surface area contributed by atoms with Gasteiger partial charge >= 0.3 is 0 Å². The number of rotatable bonds is 8. The summed E-state index contributed by atoms with van der Waals surface area (Å²) >= 11 is 1.94. The van der Waals surface area contributed by atoms with Crippen LogP contribution in [0.4, 0.5) is 0 Å². The number of thioether (sulfide) groups is 1. The predicted octanol–water partition coefficient (Wildman–Crippen LogP) is 4.12. The van der Waals surface area contributed by atoms with Crippen molar-refractivity contribution in [2.45, 2.75) is 32.7 Å². The largest absolute Gasteiger partial charge is 0.310 e. The highest BCUT2D eigenvalue weighted by atomic mass is 32.2. The molecule has 17 heavy (non-hydrogen) atoms. The Hall–Kier alpha value is -0.470. The summed E-state index contributed by atoms with van der Waals surface area (Å²) in [6.07, 6.45) is 4.80. The fraction of sp³-hybridized carbons (Fsp3) is 0.600. The smallest absolute Gasteiger partial charge is 0.0345 e. The molecule has 0 saturated heterocycles. The molecule has 2 atom stereocenters. The Labute approximate surface area is 110 Å². The van der Waals surface area contributed by atoms with Crippen LogP contribution in [0.25, 0.3) is 0 Å². The zero-order valence-electron chi connectivity index (χ0n) is 11.3. The first-order valence-corrected chi connectivity index (χ1v) is 7.96. The molecule has 1 aromatic rings. The minimum atomic E-state index is 0.503. The average Bonchev–Trinajstić information content (AvgIpc) is 2.37. The molecule has 0 aromatic heterocycles. The number of nitrogens with one attached hydrogen (secondary N) is 1. The van der Waals surface area contributed by atoms with E-state index >= 15 is 0 Å². The average molecular weight is 251 g/mol. The normalized spacial score (nSPS) is 14.5. The Balaban J connectivity index is 2.58. The lowest BCUT2D eigenvalue weighted by Crippen LogP contribution is -2.26. The highest BCUT2D eigenvalue weighted by Gasteiger charge is 2.17. The maximum Gasteiger partial charge on any atom is 0.0345 e. The lowest BCUT2D eigenvalue weighted by Gasteiger charge is -2.25. The van der Waals surface area contributed by atoms with Crippen molar-refractivity contribution in [1.82, 2.24) is 5.32 Å². The van der Waals surface area contributed by atoms with Gasteiger partial charge in [0.2, 0.25) is 0 Å². The number of hydrogen-bond donors (Lipinski definition) is 1. The van der Waals surface area contributed by atoms with Gasteiger partial charge in [0.1, 0.15) is 0 Å². The minimum absolute atomic E-state index is 0.503. The molecular formula is C15H25NS. The van der Waals surface area contributed by atoms with E-state index in [1.54, 1.807) is 0 Å². The van der Waals surface area contributed by atoms with Crippen LogP contribution in [0.2, 0.25) is 0 Å². The van der Waals surface area contributed by atoms with Crippen molar-refractivity contribution >= 4 is 11.8 Å². The second kappa shape index (κ2) is 8.60. The molecule has 1 N–H and O–H groups in total. The van der Waals surface area contributed by atoms with E-state index in [1.165, 1.54) is 24.2 Å². The third-order valence-electron chi connectivity index (χ3n) is 3.16. The molecule has 0 heterocycles. The molecule has 0 aliphatic heterocycles. The van der Waals surface area contributed by atoms with E-state index in [0.29, 0.717) is 12.0 Å². The summed E-state index contributed by atoms with van der Waals surface area (Å²) < 4.78 is 0. The van der Waals surface area contributed by atoms with Gasteiger partial charge in [-0.25, -0.2) is 0 Å². The topological polar surface area (TPSA) is 12.0 Å². The zero-order valence-corrected chi connectivity index (χ0v) is 12.1. The SMILES string of the molecule is CCNC(c1ccccc1)C(C)CCCSC. The summed E-state index contributed by atoms with van der Waals surface area (Å²) in [6.45, 7) is 5.58. The molecule has 2 heteroatoms. The summed E-state index contributed by atoms with van der Waals surface area (Å²) in [4.78, 5) is 0. The van der Waals surface area contributed by atoms with Crippen molar-refractivity contribution in [3.63, 3.8) is 0 Å². The fourth-order valence-electron chi connectivity index (χ4n) is 2.24. The van der Waals surface area contributed by atoms with Gasteiger partial charge in [-0.2, -0.15) is 11.8 Å². The van der Waals surface area contributed by atoms with E-state index in [1.807, 2.05) is 11.8 Å². The maximum atomic E-state index is 3.62. The highest BCUT2D eigenvalue weighted by Crippen LogP contribution is 2.25. The Morgan fingerprint density at radius 2 is 1.94 bits per heavy atom. The van der Waals surface area contributed by atoms with E-state index in [0.717, 1.165) is 6.54 Å². The Bertz CT molecular complexity index is 286. The summed E-state index contributed by atoms with van der Waals surface area (Å²) in [5, 5.41) is 3.62. The van der Waals surface area contributed by atoms with Crippen molar-refractivity contribution in [3.8, 4) is 0 Å². The summed E-state index contributed by atoms with van der Waals surface area (Å²) in [5.41, 5.74) is 1.42. The van der Waals surface area contributed by atoms with Gasteiger partial charge in [-0.15, -0.1) is 0 Å². The van der Waals surface area contributed by atoms with Gasteiger partial charge in [0.25, 0.3) is 0 Å². The van der Waals surface area contributed by atoms with Gasteiger partial charge < -0.3 is 5.32 Å². The molecular weight excluding hydrogens is 226 g/mol. The second-order valence-corrected chi connectivity index (χ2v) is 5.54. The van der Waals surface area contributed by atoms with Crippen molar-refractivity contribution in [2.24, 2.45) is 5.92 Å². The predicted molar refractivity (Wildman–Crippen MR) is 79.6 cm³/mol. The van der Waals surface area contributed by atoms with E-state index < -0.39 is 0 Å². The lowest BCUT2D eigenvalue weighted by molar-refractivity contribution is 0.370. The third-order valence-corrected chi connectivity index (χ3v) is 3.86. The molecule has 2 unspecified atom stereocenters. The molecule has 0 aliphatic carbocycles. The first kappa shape index (κ1) is 14.6. The van der Waals surface area contributed by atoms with E-state index in [-0.39, 0.29) is 0 Å². The summed E-state index contributed by atoms with van der Waals surface area (Å²) in [7, 11) is 0. The molecule has 0 aliphatic rings. The van der Waals surface area contributed by atoms with Crippen LogP contribution in [-0.2, 0) is 0 Å². The Morgan fingerprint density at radius 3 is 2.53 bits per heavy atom. The quantitative estimate of drug-likeness (QED) is 0.698. The van der Waals surface area contributed by atoms with E-state index in [9.17, 15) is 0 Å². The van der Waals surface area contributed by atoms with Crippen LogP contribution < -0.4 is 5.32 Å². The first-order valence-electron chi connectivity index (χ1n) is 6.56. The molecule has 0 radical (unpaired) electrons. The van der Waals surface area contributed by atoms with Crippen LogP contribution in [-0.4, -0.2) is 18.6 Å². The van der Waals surface area contributed by atoms with Gasteiger partial charge in [0.05, 0.1) is 0 Å². The molecule has 1 aromatic carbocycles. The molecule has 0 fully saturated rings. The van der Waals surface area contributed by atoms with Gasteiger partial charge in [-0.1, -0.05) is 44.2 Å². The van der Waals surface area contributed by atoms with E-state index in [4.69, 9.17) is 0 Å². The molecule has 0 bridgehead atoms. The molecule has 1 rings (SSSR count). The van der Waals surface area contributed by atoms with Crippen molar-refractivity contribution < 1.29 is 0 Å². The van der Waals surface area contributed by atoms with Gasteiger partial charge in [0, 0.05) is 6.04 Å². The molecule has 0 saturated carbocycles. The first-order chi connectivity index (χ1) is 8.29. The van der Waals surface area contributed by atoms with Crippen LogP contribution >= 0.6 is 11.8 Å². The fourth-order valence-corrected chi connectivity index (χ4v) is 2.70. The lowest BCUT2D eigenvalue weighted by atomic mass is 9.91. The van der Waals surface area contributed by atoms with Crippen molar-refractivity contribution in [2.75, 3.05) is 18.6 Å². The maximum absolute atomic E-state index is 3.62. The monoisotopic (exact) mass is 251 g/mol. The van der Waals surface area contributed by atoms with Crippen molar-refractivity contribution in [1.29, 1.82) is 0 Å². The van der Waals surface area contributed by atoms with Gasteiger partial charge in [-0.05, 0) is 42.9 Å². The Morgan fingerprint density at radius 1 is 1.24 bits per heavy atom. The van der Waals surface area contributed by atoms with E-state index in [2.05, 4.69) is 55.8 Å².